The first-order chi connectivity index (χ1) is 11.1. The highest BCUT2D eigenvalue weighted by Crippen LogP contribution is 2.15. The van der Waals surface area contributed by atoms with Gasteiger partial charge in [-0.1, -0.05) is 0 Å². The largest absolute Gasteiger partial charge is 0.465 e. The standard InChI is InChI=1S/C16H14N4O3/c1-20-9-18-12-7-10(3-4-13(12)20)15(21)19-14-8-11(5-6-17-14)16(22)23-2/h3-9H,1-2H3,(H,17,19,21). The topological polar surface area (TPSA) is 86.1 Å². The maximum absolute atomic E-state index is 12.3. The molecule has 1 N–H and O–H groups in total. The van der Waals surface area contributed by atoms with Crippen LogP contribution in [0.15, 0.2) is 42.9 Å². The maximum Gasteiger partial charge on any atom is 0.338 e. The van der Waals surface area contributed by atoms with Gasteiger partial charge in [0, 0.05) is 18.8 Å². The van der Waals surface area contributed by atoms with Crippen LogP contribution in [0, 0.1) is 0 Å². The molecule has 23 heavy (non-hydrogen) atoms. The Balaban J connectivity index is 1.84. The maximum atomic E-state index is 12.3. The minimum Gasteiger partial charge on any atom is -0.465 e. The van der Waals surface area contributed by atoms with Crippen LogP contribution in [0.1, 0.15) is 20.7 Å². The van der Waals surface area contributed by atoms with Gasteiger partial charge in [-0.2, -0.15) is 0 Å². The van der Waals surface area contributed by atoms with E-state index in [2.05, 4.69) is 20.0 Å². The summed E-state index contributed by atoms with van der Waals surface area (Å²) in [7, 11) is 3.18. The van der Waals surface area contributed by atoms with E-state index in [0.717, 1.165) is 11.0 Å². The Morgan fingerprint density at radius 2 is 1.96 bits per heavy atom. The van der Waals surface area contributed by atoms with Crippen LogP contribution in [-0.4, -0.2) is 33.5 Å². The van der Waals surface area contributed by atoms with E-state index < -0.39 is 5.97 Å². The average Bonchev–Trinajstić information content (AvgIpc) is 2.95. The molecule has 0 saturated carbocycles. The Hall–Kier alpha value is -3.22. The number of nitrogens with zero attached hydrogens (tertiary/aromatic N) is 3. The minimum absolute atomic E-state index is 0.277. The summed E-state index contributed by atoms with van der Waals surface area (Å²) in [6, 6.07) is 8.22. The number of hydrogen-bond acceptors (Lipinski definition) is 5. The van der Waals surface area contributed by atoms with E-state index in [1.54, 1.807) is 18.5 Å². The van der Waals surface area contributed by atoms with Crippen molar-refractivity contribution in [1.82, 2.24) is 14.5 Å². The number of hydrogen-bond donors (Lipinski definition) is 1. The predicted octanol–water partition coefficient (Wildman–Crippen LogP) is 2.01. The van der Waals surface area contributed by atoms with Gasteiger partial charge in [0.2, 0.25) is 0 Å². The number of ether oxygens (including phenoxy) is 1. The highest BCUT2D eigenvalue weighted by Gasteiger charge is 2.11. The van der Waals surface area contributed by atoms with Gasteiger partial charge in [-0.15, -0.1) is 0 Å². The number of carbonyl (C=O) groups is 2. The molecule has 0 atom stereocenters. The number of benzene rings is 1. The van der Waals surface area contributed by atoms with Crippen LogP contribution in [0.5, 0.6) is 0 Å². The Labute approximate surface area is 131 Å². The van der Waals surface area contributed by atoms with Gasteiger partial charge in [0.1, 0.15) is 5.82 Å². The fourth-order valence-corrected chi connectivity index (χ4v) is 2.21. The third kappa shape index (κ3) is 2.89. The number of pyridine rings is 1. The van der Waals surface area contributed by atoms with Gasteiger partial charge in [0.25, 0.3) is 5.91 Å². The van der Waals surface area contributed by atoms with Gasteiger partial charge >= 0.3 is 5.97 Å². The van der Waals surface area contributed by atoms with Crippen molar-refractivity contribution >= 4 is 28.7 Å². The number of anilines is 1. The van der Waals surface area contributed by atoms with Crippen LogP contribution in [0.2, 0.25) is 0 Å². The summed E-state index contributed by atoms with van der Waals surface area (Å²) >= 11 is 0. The SMILES string of the molecule is COC(=O)c1ccnc(NC(=O)c2ccc3c(c2)ncn3C)c1. The second-order valence-corrected chi connectivity index (χ2v) is 4.93. The lowest BCUT2D eigenvalue weighted by Gasteiger charge is -2.06. The number of aryl methyl sites for hydroxylation is 1. The van der Waals surface area contributed by atoms with Crippen LogP contribution < -0.4 is 5.32 Å². The van der Waals surface area contributed by atoms with E-state index in [4.69, 9.17) is 0 Å². The number of rotatable bonds is 3. The molecular formula is C16H14N4O3. The van der Waals surface area contributed by atoms with Crippen molar-refractivity contribution in [3.8, 4) is 0 Å². The second kappa shape index (κ2) is 5.88. The van der Waals surface area contributed by atoms with Crippen molar-refractivity contribution in [1.29, 1.82) is 0 Å². The molecule has 0 aliphatic rings. The molecule has 1 amide bonds. The molecule has 0 bridgehead atoms. The predicted molar refractivity (Wildman–Crippen MR) is 84.2 cm³/mol. The molecule has 0 unspecified atom stereocenters. The highest BCUT2D eigenvalue weighted by molar-refractivity contribution is 6.05. The molecule has 2 heterocycles. The fraction of sp³-hybridized carbons (Fsp3) is 0.125. The van der Waals surface area contributed by atoms with Crippen molar-refractivity contribution in [2.24, 2.45) is 7.05 Å². The van der Waals surface area contributed by atoms with E-state index in [0.29, 0.717) is 11.1 Å². The van der Waals surface area contributed by atoms with Crippen LogP contribution in [0.3, 0.4) is 0 Å². The van der Waals surface area contributed by atoms with Gasteiger partial charge in [-0.05, 0) is 30.3 Å². The third-order valence-corrected chi connectivity index (χ3v) is 3.41. The Morgan fingerprint density at radius 1 is 1.13 bits per heavy atom. The van der Waals surface area contributed by atoms with Crippen molar-refractivity contribution in [3.63, 3.8) is 0 Å². The van der Waals surface area contributed by atoms with E-state index in [-0.39, 0.29) is 11.7 Å². The normalized spacial score (nSPS) is 10.5. The van der Waals surface area contributed by atoms with Gasteiger partial charge in [-0.25, -0.2) is 14.8 Å². The summed E-state index contributed by atoms with van der Waals surface area (Å²) < 4.78 is 6.51. The molecule has 0 aliphatic carbocycles. The van der Waals surface area contributed by atoms with Gasteiger partial charge in [0.15, 0.2) is 0 Å². The molecule has 7 nitrogen and oxygen atoms in total. The van der Waals surface area contributed by atoms with Crippen LogP contribution >= 0.6 is 0 Å². The smallest absolute Gasteiger partial charge is 0.338 e. The zero-order chi connectivity index (χ0) is 16.4. The zero-order valence-corrected chi connectivity index (χ0v) is 12.6. The number of fused-ring (bicyclic) bond motifs is 1. The monoisotopic (exact) mass is 310 g/mol. The second-order valence-electron chi connectivity index (χ2n) is 4.93. The quantitative estimate of drug-likeness (QED) is 0.748. The lowest BCUT2D eigenvalue weighted by molar-refractivity contribution is 0.0600. The first kappa shape index (κ1) is 14.7. The summed E-state index contributed by atoms with van der Waals surface area (Å²) in [6.07, 6.45) is 3.12. The number of amides is 1. The highest BCUT2D eigenvalue weighted by atomic mass is 16.5. The van der Waals surface area contributed by atoms with Crippen LogP contribution in [-0.2, 0) is 11.8 Å². The molecule has 0 fully saturated rings. The molecular weight excluding hydrogens is 296 g/mol. The van der Waals surface area contributed by atoms with E-state index in [1.807, 2.05) is 17.7 Å². The van der Waals surface area contributed by atoms with Gasteiger partial charge in [-0.3, -0.25) is 4.79 Å². The first-order valence-corrected chi connectivity index (χ1v) is 6.85. The molecule has 2 aromatic heterocycles. The molecule has 116 valence electrons. The Bertz CT molecular complexity index is 901. The van der Waals surface area contributed by atoms with Crippen LogP contribution in [0.25, 0.3) is 11.0 Å². The lowest BCUT2D eigenvalue weighted by atomic mass is 10.2. The van der Waals surface area contributed by atoms with Crippen molar-refractivity contribution < 1.29 is 14.3 Å². The first-order valence-electron chi connectivity index (χ1n) is 6.85. The van der Waals surface area contributed by atoms with E-state index in [1.165, 1.54) is 25.4 Å². The fourth-order valence-electron chi connectivity index (χ4n) is 2.21. The summed E-state index contributed by atoms with van der Waals surface area (Å²) in [5.41, 5.74) is 2.45. The molecule has 0 spiro atoms. The Morgan fingerprint density at radius 3 is 2.74 bits per heavy atom. The van der Waals surface area contributed by atoms with E-state index >= 15 is 0 Å². The number of carbonyl (C=O) groups excluding carboxylic acids is 2. The third-order valence-electron chi connectivity index (χ3n) is 3.41. The Kier molecular flexibility index (Phi) is 3.76. The minimum atomic E-state index is -0.488. The molecule has 1 aromatic carbocycles. The molecule has 0 radical (unpaired) electrons. The zero-order valence-electron chi connectivity index (χ0n) is 12.6. The summed E-state index contributed by atoms with van der Waals surface area (Å²) in [4.78, 5) is 32.1. The summed E-state index contributed by atoms with van der Waals surface area (Å²) in [5, 5.41) is 2.66. The molecule has 0 saturated heterocycles. The molecule has 0 aliphatic heterocycles. The van der Waals surface area contributed by atoms with Gasteiger partial charge in [0.05, 0.1) is 30.0 Å². The number of imidazole rings is 1. The number of methoxy groups -OCH3 is 1. The number of esters is 1. The number of aromatic nitrogens is 3. The lowest BCUT2D eigenvalue weighted by Crippen LogP contribution is -2.13. The van der Waals surface area contributed by atoms with Crippen LogP contribution in [0.4, 0.5) is 5.82 Å². The van der Waals surface area contributed by atoms with E-state index in [9.17, 15) is 9.59 Å². The van der Waals surface area contributed by atoms with Gasteiger partial charge < -0.3 is 14.6 Å². The summed E-state index contributed by atoms with van der Waals surface area (Å²) in [6.45, 7) is 0. The summed E-state index contributed by atoms with van der Waals surface area (Å²) in [5.74, 6) is -0.538. The van der Waals surface area contributed by atoms with Crippen molar-refractivity contribution in [3.05, 3.63) is 54.0 Å². The molecule has 3 rings (SSSR count). The number of nitrogens with one attached hydrogen (secondary N) is 1. The average molecular weight is 310 g/mol. The molecule has 7 heteroatoms. The van der Waals surface area contributed by atoms with Crippen molar-refractivity contribution in [2.45, 2.75) is 0 Å². The van der Waals surface area contributed by atoms with Crippen molar-refractivity contribution in [2.75, 3.05) is 12.4 Å². The molecule has 3 aromatic rings.